The molecule has 27 heavy (non-hydrogen) atoms. The molecule has 0 saturated heterocycles. The standard InChI is InChI=1S/C19H13ClF3N3O/c20-16-4-2-1-3-15(16)18(27)26-14-9-10-17(24-11-14)25-13-7-5-12(6-8-13)19(21,22)23/h1-11H,(H,24,25)(H,26,27). The Morgan fingerprint density at radius 3 is 2.19 bits per heavy atom. The van der Waals surface area contributed by atoms with E-state index in [-0.39, 0.29) is 5.91 Å². The fraction of sp³-hybridized carbons (Fsp3) is 0.0526. The summed E-state index contributed by atoms with van der Waals surface area (Å²) in [5.74, 6) is 0.0522. The number of alkyl halides is 3. The van der Waals surface area contributed by atoms with E-state index >= 15 is 0 Å². The third-order valence-electron chi connectivity index (χ3n) is 3.62. The molecule has 8 heteroatoms. The van der Waals surface area contributed by atoms with Crippen molar-refractivity contribution >= 4 is 34.7 Å². The Labute approximate surface area is 158 Å². The fourth-order valence-electron chi connectivity index (χ4n) is 2.28. The average Bonchev–Trinajstić information content (AvgIpc) is 2.63. The van der Waals surface area contributed by atoms with Gasteiger partial charge in [-0.25, -0.2) is 4.98 Å². The van der Waals surface area contributed by atoms with E-state index in [0.29, 0.717) is 27.8 Å². The van der Waals surface area contributed by atoms with Gasteiger partial charge in [0.2, 0.25) is 0 Å². The Morgan fingerprint density at radius 1 is 0.926 bits per heavy atom. The maximum Gasteiger partial charge on any atom is 0.416 e. The zero-order valence-corrected chi connectivity index (χ0v) is 14.5. The number of pyridine rings is 1. The largest absolute Gasteiger partial charge is 0.416 e. The Bertz CT molecular complexity index is 942. The first kappa shape index (κ1) is 18.7. The van der Waals surface area contributed by atoms with Gasteiger partial charge in [0.05, 0.1) is 28.0 Å². The molecular weight excluding hydrogens is 379 g/mol. The quantitative estimate of drug-likeness (QED) is 0.595. The molecule has 0 aliphatic carbocycles. The topological polar surface area (TPSA) is 54.0 Å². The summed E-state index contributed by atoms with van der Waals surface area (Å²) in [7, 11) is 0. The van der Waals surface area contributed by atoms with E-state index in [0.717, 1.165) is 12.1 Å². The lowest BCUT2D eigenvalue weighted by atomic mass is 10.2. The van der Waals surface area contributed by atoms with Gasteiger partial charge in [-0.15, -0.1) is 0 Å². The molecule has 0 saturated carbocycles. The molecule has 0 spiro atoms. The number of carbonyl (C=O) groups excluding carboxylic acids is 1. The van der Waals surface area contributed by atoms with Gasteiger partial charge in [-0.1, -0.05) is 23.7 Å². The van der Waals surface area contributed by atoms with Crippen LogP contribution in [-0.2, 0) is 6.18 Å². The molecule has 0 fully saturated rings. The second-order valence-corrected chi connectivity index (χ2v) is 5.97. The van der Waals surface area contributed by atoms with Crippen molar-refractivity contribution in [1.82, 2.24) is 4.98 Å². The van der Waals surface area contributed by atoms with Gasteiger partial charge < -0.3 is 10.6 Å². The Kier molecular flexibility index (Phi) is 5.32. The fourth-order valence-corrected chi connectivity index (χ4v) is 2.50. The maximum atomic E-state index is 12.6. The zero-order valence-electron chi connectivity index (χ0n) is 13.7. The average molecular weight is 392 g/mol. The lowest BCUT2D eigenvalue weighted by Gasteiger charge is -2.10. The van der Waals surface area contributed by atoms with Crippen LogP contribution in [0, 0.1) is 0 Å². The number of halogens is 4. The molecule has 2 aromatic carbocycles. The zero-order chi connectivity index (χ0) is 19.4. The van der Waals surface area contributed by atoms with Crippen molar-refractivity contribution < 1.29 is 18.0 Å². The molecule has 0 bridgehead atoms. The summed E-state index contributed by atoms with van der Waals surface area (Å²) in [6, 6.07) is 14.5. The van der Waals surface area contributed by atoms with Gasteiger partial charge in [0.15, 0.2) is 0 Å². The van der Waals surface area contributed by atoms with Crippen LogP contribution in [-0.4, -0.2) is 10.9 Å². The number of carbonyl (C=O) groups is 1. The minimum atomic E-state index is -4.38. The highest BCUT2D eigenvalue weighted by Crippen LogP contribution is 2.30. The van der Waals surface area contributed by atoms with Crippen LogP contribution in [0.1, 0.15) is 15.9 Å². The first-order valence-corrected chi connectivity index (χ1v) is 8.17. The molecule has 0 atom stereocenters. The first-order valence-electron chi connectivity index (χ1n) is 7.79. The molecule has 4 nitrogen and oxygen atoms in total. The van der Waals surface area contributed by atoms with Gasteiger partial charge >= 0.3 is 6.18 Å². The van der Waals surface area contributed by atoms with Crippen LogP contribution in [0.2, 0.25) is 5.02 Å². The number of benzene rings is 2. The minimum Gasteiger partial charge on any atom is -0.340 e. The minimum absolute atomic E-state index is 0.337. The van der Waals surface area contributed by atoms with Crippen molar-refractivity contribution in [3.8, 4) is 0 Å². The number of amides is 1. The van der Waals surface area contributed by atoms with Crippen LogP contribution in [0.15, 0.2) is 66.9 Å². The van der Waals surface area contributed by atoms with Gasteiger partial charge in [0.1, 0.15) is 5.82 Å². The molecule has 1 heterocycles. The van der Waals surface area contributed by atoms with Crippen LogP contribution < -0.4 is 10.6 Å². The smallest absolute Gasteiger partial charge is 0.340 e. The highest BCUT2D eigenvalue weighted by atomic mass is 35.5. The van der Waals surface area contributed by atoms with Gasteiger partial charge in [-0.05, 0) is 48.5 Å². The second kappa shape index (κ2) is 7.67. The summed E-state index contributed by atoms with van der Waals surface area (Å²) in [5.41, 5.74) is 0.533. The Balaban J connectivity index is 1.65. The van der Waals surface area contributed by atoms with E-state index in [1.165, 1.54) is 18.3 Å². The molecule has 0 aliphatic heterocycles. The van der Waals surface area contributed by atoms with E-state index in [9.17, 15) is 18.0 Å². The predicted octanol–water partition coefficient (Wildman–Crippen LogP) is 5.75. The molecular formula is C19H13ClF3N3O. The van der Waals surface area contributed by atoms with Gasteiger partial charge in [-0.2, -0.15) is 13.2 Å². The predicted molar refractivity (Wildman–Crippen MR) is 98.4 cm³/mol. The van der Waals surface area contributed by atoms with Crippen molar-refractivity contribution in [2.24, 2.45) is 0 Å². The van der Waals surface area contributed by atoms with Crippen molar-refractivity contribution in [1.29, 1.82) is 0 Å². The third-order valence-corrected chi connectivity index (χ3v) is 3.95. The van der Waals surface area contributed by atoms with Crippen LogP contribution in [0.3, 0.4) is 0 Å². The normalized spacial score (nSPS) is 11.1. The number of hydrogen-bond acceptors (Lipinski definition) is 3. The van der Waals surface area contributed by atoms with E-state index in [4.69, 9.17) is 11.6 Å². The van der Waals surface area contributed by atoms with Crippen LogP contribution in [0.5, 0.6) is 0 Å². The van der Waals surface area contributed by atoms with Crippen LogP contribution in [0.25, 0.3) is 0 Å². The molecule has 3 rings (SSSR count). The molecule has 3 aromatic rings. The van der Waals surface area contributed by atoms with Crippen molar-refractivity contribution in [3.63, 3.8) is 0 Å². The Morgan fingerprint density at radius 2 is 1.59 bits per heavy atom. The number of nitrogens with zero attached hydrogens (tertiary/aromatic N) is 1. The first-order chi connectivity index (χ1) is 12.8. The summed E-state index contributed by atoms with van der Waals surface area (Å²) in [5, 5.41) is 5.90. The van der Waals surface area contributed by atoms with Crippen molar-refractivity contribution in [3.05, 3.63) is 83.0 Å². The lowest BCUT2D eigenvalue weighted by Crippen LogP contribution is -2.12. The monoisotopic (exact) mass is 391 g/mol. The van der Waals surface area contributed by atoms with Crippen molar-refractivity contribution in [2.45, 2.75) is 6.18 Å². The third kappa shape index (κ3) is 4.77. The summed E-state index contributed by atoms with van der Waals surface area (Å²) < 4.78 is 37.7. The molecule has 0 aliphatic rings. The number of rotatable bonds is 4. The van der Waals surface area contributed by atoms with E-state index in [1.54, 1.807) is 36.4 Å². The Hall–Kier alpha value is -3.06. The number of anilines is 3. The highest BCUT2D eigenvalue weighted by molar-refractivity contribution is 6.34. The summed E-state index contributed by atoms with van der Waals surface area (Å²) in [4.78, 5) is 16.3. The molecule has 1 aromatic heterocycles. The summed E-state index contributed by atoms with van der Waals surface area (Å²) in [6.07, 6.45) is -2.94. The van der Waals surface area contributed by atoms with E-state index in [2.05, 4.69) is 15.6 Å². The molecule has 1 amide bonds. The SMILES string of the molecule is O=C(Nc1ccc(Nc2ccc(C(F)(F)F)cc2)nc1)c1ccccc1Cl. The van der Waals surface area contributed by atoms with Gasteiger partial charge in [0.25, 0.3) is 5.91 Å². The maximum absolute atomic E-state index is 12.6. The molecule has 0 radical (unpaired) electrons. The summed E-state index contributed by atoms with van der Waals surface area (Å²) in [6.45, 7) is 0. The summed E-state index contributed by atoms with van der Waals surface area (Å²) >= 11 is 5.98. The van der Waals surface area contributed by atoms with Crippen LogP contribution in [0.4, 0.5) is 30.4 Å². The van der Waals surface area contributed by atoms with Gasteiger partial charge in [0, 0.05) is 5.69 Å². The van der Waals surface area contributed by atoms with Crippen LogP contribution >= 0.6 is 11.6 Å². The lowest BCUT2D eigenvalue weighted by molar-refractivity contribution is -0.137. The van der Waals surface area contributed by atoms with E-state index in [1.807, 2.05) is 0 Å². The number of hydrogen-bond donors (Lipinski definition) is 2. The number of nitrogens with one attached hydrogen (secondary N) is 2. The molecule has 2 N–H and O–H groups in total. The molecule has 0 unspecified atom stereocenters. The van der Waals surface area contributed by atoms with E-state index < -0.39 is 11.7 Å². The second-order valence-electron chi connectivity index (χ2n) is 5.57. The van der Waals surface area contributed by atoms with Gasteiger partial charge in [-0.3, -0.25) is 4.79 Å². The number of aromatic nitrogens is 1. The van der Waals surface area contributed by atoms with Crippen molar-refractivity contribution in [2.75, 3.05) is 10.6 Å². The molecule has 138 valence electrons. The highest BCUT2D eigenvalue weighted by Gasteiger charge is 2.29.